The van der Waals surface area contributed by atoms with Crippen molar-refractivity contribution in [1.29, 1.82) is 0 Å². The molecule has 39 heavy (non-hydrogen) atoms. The molecule has 2 aliphatic rings. The molecule has 2 aliphatic carbocycles. The number of aromatic nitrogens is 3. The van der Waals surface area contributed by atoms with Crippen molar-refractivity contribution in [1.82, 2.24) is 20.1 Å². The molecule has 0 radical (unpaired) electrons. The maximum absolute atomic E-state index is 12.9. The summed E-state index contributed by atoms with van der Waals surface area (Å²) in [4.78, 5) is 17.3. The third-order valence-electron chi connectivity index (χ3n) is 7.34. The number of pyridine rings is 1. The van der Waals surface area contributed by atoms with E-state index in [2.05, 4.69) is 27.6 Å². The fraction of sp³-hybridized carbons (Fsp3) is 0.640. The van der Waals surface area contributed by atoms with Crippen LogP contribution in [-0.4, -0.2) is 58.1 Å². The Labute approximate surface area is 233 Å². The number of hydrogen-bond acceptors (Lipinski definition) is 7. The van der Waals surface area contributed by atoms with E-state index in [9.17, 15) is 23.1 Å². The third kappa shape index (κ3) is 8.01. The molecule has 2 heterocycles. The standard InChI is InChI=1S/C25H33ClF3N5O2.O2S/c1-4-34-21(17-12-30-18(11-16(17)3)32-23(9-10-23)13-25(27,28)29)19(26)20(33-34)22(35)31-14-24(36)7-5-15(2)6-8-24;1-3-2/h11-12,15,36H,4-10,13-14H2,1-3H3,(H,30,32)(H,31,35);. The smallest absolute Gasteiger partial charge is 0.388 e. The summed E-state index contributed by atoms with van der Waals surface area (Å²) in [5.74, 6) is 0.466. The zero-order chi connectivity index (χ0) is 29.0. The molecule has 0 aromatic carbocycles. The lowest BCUT2D eigenvalue weighted by molar-refractivity contribution is -0.138. The molecule has 2 aromatic heterocycles. The highest BCUT2D eigenvalue weighted by molar-refractivity contribution is 7.51. The van der Waals surface area contributed by atoms with Gasteiger partial charge in [-0.15, -0.1) is 0 Å². The molecule has 1 amide bonds. The first-order chi connectivity index (χ1) is 18.2. The molecular formula is C25H33ClF3N5O4S. The van der Waals surface area contributed by atoms with Crippen LogP contribution in [0.1, 0.15) is 74.8 Å². The monoisotopic (exact) mass is 591 g/mol. The van der Waals surface area contributed by atoms with Gasteiger partial charge in [-0.05, 0) is 69.9 Å². The Balaban J connectivity index is 0.00000134. The van der Waals surface area contributed by atoms with Crippen LogP contribution in [0.15, 0.2) is 12.3 Å². The van der Waals surface area contributed by atoms with Gasteiger partial charge in [-0.25, -0.2) is 4.98 Å². The van der Waals surface area contributed by atoms with E-state index < -0.39 is 41.2 Å². The number of aryl methyl sites for hydroxylation is 2. The van der Waals surface area contributed by atoms with Crippen LogP contribution in [0.5, 0.6) is 0 Å². The predicted octanol–water partition coefficient (Wildman–Crippen LogP) is 4.82. The number of amides is 1. The highest BCUT2D eigenvalue weighted by Gasteiger charge is 2.51. The average molecular weight is 592 g/mol. The average Bonchev–Trinajstić information content (AvgIpc) is 3.51. The predicted molar refractivity (Wildman–Crippen MR) is 141 cm³/mol. The molecule has 0 aliphatic heterocycles. The van der Waals surface area contributed by atoms with Gasteiger partial charge in [0, 0.05) is 30.4 Å². The lowest BCUT2D eigenvalue weighted by atomic mass is 9.79. The minimum atomic E-state index is -4.25. The lowest BCUT2D eigenvalue weighted by Gasteiger charge is -2.34. The van der Waals surface area contributed by atoms with Crippen LogP contribution in [-0.2, 0) is 18.1 Å². The number of carbonyl (C=O) groups is 1. The Bertz CT molecular complexity index is 1220. The van der Waals surface area contributed by atoms with Gasteiger partial charge in [-0.3, -0.25) is 9.48 Å². The third-order valence-corrected chi connectivity index (χ3v) is 7.70. The van der Waals surface area contributed by atoms with Crippen molar-refractivity contribution in [3.63, 3.8) is 0 Å². The Morgan fingerprint density at radius 1 is 1.26 bits per heavy atom. The number of alkyl halides is 3. The van der Waals surface area contributed by atoms with E-state index >= 15 is 0 Å². The van der Waals surface area contributed by atoms with Crippen molar-refractivity contribution in [2.75, 3.05) is 11.9 Å². The van der Waals surface area contributed by atoms with Gasteiger partial charge in [0.2, 0.25) is 0 Å². The summed E-state index contributed by atoms with van der Waals surface area (Å²) in [5.41, 5.74) is 0.0313. The zero-order valence-corrected chi connectivity index (χ0v) is 23.6. The molecule has 0 bridgehead atoms. The summed E-state index contributed by atoms with van der Waals surface area (Å²) >= 11 is 5.89. The highest BCUT2D eigenvalue weighted by atomic mass is 35.5. The van der Waals surface area contributed by atoms with Gasteiger partial charge < -0.3 is 15.7 Å². The van der Waals surface area contributed by atoms with Crippen LogP contribution < -0.4 is 10.6 Å². The fourth-order valence-electron chi connectivity index (χ4n) is 4.90. The van der Waals surface area contributed by atoms with Crippen LogP contribution in [0.2, 0.25) is 5.02 Å². The van der Waals surface area contributed by atoms with Gasteiger partial charge >= 0.3 is 17.7 Å². The Morgan fingerprint density at radius 2 is 1.87 bits per heavy atom. The second kappa shape index (κ2) is 12.3. The van der Waals surface area contributed by atoms with E-state index in [1.54, 1.807) is 16.9 Å². The number of hydrogen-bond donors (Lipinski definition) is 3. The number of nitrogens with one attached hydrogen (secondary N) is 2. The molecule has 216 valence electrons. The molecule has 3 N–H and O–H groups in total. The molecule has 0 atom stereocenters. The maximum atomic E-state index is 12.9. The van der Waals surface area contributed by atoms with Gasteiger partial charge in [-0.1, -0.05) is 18.5 Å². The Kier molecular flexibility index (Phi) is 9.82. The van der Waals surface area contributed by atoms with E-state index in [4.69, 9.17) is 20.0 Å². The molecule has 0 unspecified atom stereocenters. The number of aliphatic hydroxyl groups is 1. The number of carbonyl (C=O) groups excluding carboxylic acids is 1. The SMILES string of the molecule is CCn1nc(C(=O)NCC2(O)CCC(C)CC2)c(Cl)c1-c1cnc(NC2(CC(F)(F)F)CC2)cc1C.O=S=O. The topological polar surface area (TPSA) is 126 Å². The molecule has 2 fully saturated rings. The summed E-state index contributed by atoms with van der Waals surface area (Å²) in [7, 11) is 0. The van der Waals surface area contributed by atoms with E-state index in [0.29, 0.717) is 55.2 Å². The number of halogens is 4. The van der Waals surface area contributed by atoms with Crippen molar-refractivity contribution < 1.29 is 31.5 Å². The summed E-state index contributed by atoms with van der Waals surface area (Å²) < 4.78 is 57.0. The molecular weight excluding hydrogens is 559 g/mol. The van der Waals surface area contributed by atoms with Gasteiger partial charge in [0.1, 0.15) is 5.82 Å². The molecule has 4 rings (SSSR count). The first-order valence-corrected chi connectivity index (χ1v) is 13.8. The van der Waals surface area contributed by atoms with Crippen LogP contribution in [0, 0.1) is 12.8 Å². The van der Waals surface area contributed by atoms with Gasteiger partial charge in [0.15, 0.2) is 5.69 Å². The number of rotatable bonds is 8. The second-order valence-corrected chi connectivity index (χ2v) is 11.1. The number of nitrogens with zero attached hydrogens (tertiary/aromatic N) is 3. The second-order valence-electron chi connectivity index (χ2n) is 10.6. The van der Waals surface area contributed by atoms with E-state index in [1.165, 1.54) is 0 Å². The van der Waals surface area contributed by atoms with Gasteiger partial charge in [0.05, 0.1) is 22.7 Å². The molecule has 14 heteroatoms. The summed E-state index contributed by atoms with van der Waals surface area (Å²) in [5, 5.41) is 21.1. The van der Waals surface area contributed by atoms with Crippen LogP contribution in [0.3, 0.4) is 0 Å². The summed E-state index contributed by atoms with van der Waals surface area (Å²) in [6.45, 7) is 6.41. The summed E-state index contributed by atoms with van der Waals surface area (Å²) in [6.07, 6.45) is 0.367. The van der Waals surface area contributed by atoms with Crippen LogP contribution >= 0.6 is 11.6 Å². The fourth-order valence-corrected chi connectivity index (χ4v) is 5.22. The first-order valence-electron chi connectivity index (χ1n) is 12.8. The van der Waals surface area contributed by atoms with E-state index in [0.717, 1.165) is 18.4 Å². The van der Waals surface area contributed by atoms with Crippen LogP contribution in [0.4, 0.5) is 19.0 Å². The first kappa shape index (κ1) is 31.0. The molecule has 2 saturated carbocycles. The van der Waals surface area contributed by atoms with Crippen LogP contribution in [0.25, 0.3) is 11.3 Å². The van der Waals surface area contributed by atoms with Crippen molar-refractivity contribution in [3.05, 3.63) is 28.5 Å². The van der Waals surface area contributed by atoms with E-state index in [1.807, 2.05) is 13.8 Å². The highest BCUT2D eigenvalue weighted by Crippen LogP contribution is 2.47. The molecule has 0 saturated heterocycles. The van der Waals surface area contributed by atoms with Gasteiger partial charge in [0.25, 0.3) is 5.91 Å². The van der Waals surface area contributed by atoms with Crippen molar-refractivity contribution >= 4 is 34.9 Å². The minimum Gasteiger partial charge on any atom is -0.388 e. The van der Waals surface area contributed by atoms with Gasteiger partial charge in [-0.2, -0.15) is 26.7 Å². The van der Waals surface area contributed by atoms with Crippen molar-refractivity contribution in [3.8, 4) is 11.3 Å². The Hall–Kier alpha value is -2.51. The zero-order valence-electron chi connectivity index (χ0n) is 22.0. The molecule has 2 aromatic rings. The quantitative estimate of drug-likeness (QED) is 0.401. The molecule has 9 nitrogen and oxygen atoms in total. The normalized spacial score (nSPS) is 21.9. The Morgan fingerprint density at radius 3 is 2.38 bits per heavy atom. The lowest BCUT2D eigenvalue weighted by Crippen LogP contribution is -2.45. The minimum absolute atomic E-state index is 0.0602. The number of anilines is 1. The molecule has 0 spiro atoms. The van der Waals surface area contributed by atoms with Crippen molar-refractivity contribution in [2.24, 2.45) is 5.92 Å². The summed E-state index contributed by atoms with van der Waals surface area (Å²) in [6, 6.07) is 1.69. The van der Waals surface area contributed by atoms with Crippen molar-refractivity contribution in [2.45, 2.75) is 89.6 Å². The van der Waals surface area contributed by atoms with E-state index in [-0.39, 0.29) is 17.3 Å². The largest absolute Gasteiger partial charge is 0.391 e. The maximum Gasteiger partial charge on any atom is 0.391 e.